The van der Waals surface area contributed by atoms with Gasteiger partial charge in [0.15, 0.2) is 5.69 Å². The van der Waals surface area contributed by atoms with Gasteiger partial charge in [-0.2, -0.15) is 27.1 Å². The van der Waals surface area contributed by atoms with Gasteiger partial charge in [0.25, 0.3) is 0 Å². The Morgan fingerprint density at radius 3 is 2.25 bits per heavy atom. The van der Waals surface area contributed by atoms with Crippen LogP contribution in [-0.4, -0.2) is 33.8 Å². The summed E-state index contributed by atoms with van der Waals surface area (Å²) in [6, 6.07) is -1.24. The monoisotopic (exact) mass is 362 g/mol. The summed E-state index contributed by atoms with van der Waals surface area (Å²) in [5.41, 5.74) is -4.68. The van der Waals surface area contributed by atoms with Gasteiger partial charge in [-0.3, -0.25) is 9.48 Å². The predicted octanol–water partition coefficient (Wildman–Crippen LogP) is 4.15. The zero-order valence-corrected chi connectivity index (χ0v) is 11.8. The molecule has 0 spiro atoms. The van der Waals surface area contributed by atoms with Crippen LogP contribution in [0.4, 0.5) is 35.1 Å². The molecule has 11 heteroatoms. The Morgan fingerprint density at radius 1 is 1.08 bits per heavy atom. The third-order valence-corrected chi connectivity index (χ3v) is 4.32. The normalized spacial score (nSPS) is 32.9. The second kappa shape index (κ2) is 5.16. The fraction of sp³-hybridized carbons (Fsp3) is 0.692. The summed E-state index contributed by atoms with van der Waals surface area (Å²) >= 11 is 0. The van der Waals surface area contributed by atoms with Crippen LogP contribution in [0.2, 0.25) is 0 Å². The molecular weight excluding hydrogens is 352 g/mol. The van der Waals surface area contributed by atoms with E-state index in [1.54, 1.807) is 0 Å². The molecule has 1 fully saturated rings. The molecule has 1 unspecified atom stereocenters. The van der Waals surface area contributed by atoms with Crippen molar-refractivity contribution in [2.24, 2.45) is 0 Å². The van der Waals surface area contributed by atoms with Crippen LogP contribution < -0.4 is 0 Å². The molecule has 0 aromatic carbocycles. The summed E-state index contributed by atoms with van der Waals surface area (Å²) in [5, 5.41) is 3.06. The Morgan fingerprint density at radius 2 is 1.71 bits per heavy atom. The van der Waals surface area contributed by atoms with Gasteiger partial charge in [0.2, 0.25) is 12.0 Å². The molecular formula is C13H10F8N2O. The number of Topliss-reactive ketones (excluding diaryl/α,β-unsaturated/α-hetero) is 1. The summed E-state index contributed by atoms with van der Waals surface area (Å²) in [6.45, 7) is 0. The topological polar surface area (TPSA) is 34.9 Å². The first-order chi connectivity index (χ1) is 11.0. The van der Waals surface area contributed by atoms with Gasteiger partial charge in [0.05, 0.1) is 17.3 Å². The highest BCUT2D eigenvalue weighted by Gasteiger charge is 2.62. The highest BCUT2D eigenvalue weighted by atomic mass is 19.4. The van der Waals surface area contributed by atoms with Crippen LogP contribution >= 0.6 is 0 Å². The quantitative estimate of drug-likeness (QED) is 0.704. The summed E-state index contributed by atoms with van der Waals surface area (Å²) in [7, 11) is 0. The second-order valence-corrected chi connectivity index (χ2v) is 5.86. The third kappa shape index (κ3) is 2.31. The van der Waals surface area contributed by atoms with E-state index in [2.05, 4.69) is 5.10 Å². The molecule has 1 aromatic rings. The van der Waals surface area contributed by atoms with Crippen molar-refractivity contribution in [2.45, 2.75) is 55.9 Å². The third-order valence-electron chi connectivity index (χ3n) is 4.32. The largest absolute Gasteiger partial charge is 0.435 e. The van der Waals surface area contributed by atoms with E-state index in [1.807, 2.05) is 0 Å². The van der Waals surface area contributed by atoms with Crippen molar-refractivity contribution in [2.75, 3.05) is 0 Å². The van der Waals surface area contributed by atoms with Crippen LogP contribution in [0.1, 0.15) is 53.2 Å². The van der Waals surface area contributed by atoms with Crippen molar-refractivity contribution < 1.29 is 39.9 Å². The number of carbonyl (C=O) groups is 1. The molecule has 134 valence electrons. The molecule has 0 radical (unpaired) electrons. The maximum atomic E-state index is 14.0. The van der Waals surface area contributed by atoms with Crippen molar-refractivity contribution in [3.8, 4) is 0 Å². The molecule has 0 N–H and O–H groups in total. The van der Waals surface area contributed by atoms with Gasteiger partial charge in [-0.25, -0.2) is 13.2 Å². The van der Waals surface area contributed by atoms with Gasteiger partial charge in [-0.05, 0) is 12.8 Å². The van der Waals surface area contributed by atoms with Crippen molar-refractivity contribution in [1.82, 2.24) is 9.78 Å². The second-order valence-electron chi connectivity index (χ2n) is 5.86. The summed E-state index contributed by atoms with van der Waals surface area (Å²) in [5.74, 6) is -6.96. The van der Waals surface area contributed by atoms with E-state index in [9.17, 15) is 39.9 Å². The molecule has 3 nitrogen and oxygen atoms in total. The number of hydrogen-bond donors (Lipinski definition) is 0. The van der Waals surface area contributed by atoms with Gasteiger partial charge in [0.1, 0.15) is 12.3 Å². The number of rotatable bonds is 1. The molecule has 0 saturated heterocycles. The lowest BCUT2D eigenvalue weighted by Gasteiger charge is -2.29. The number of alkyl halides is 8. The van der Waals surface area contributed by atoms with Gasteiger partial charge < -0.3 is 0 Å². The predicted molar refractivity (Wildman–Crippen MR) is 63.0 cm³/mol. The minimum Gasteiger partial charge on any atom is -0.287 e. The molecule has 1 saturated carbocycles. The van der Waals surface area contributed by atoms with Crippen LogP contribution in [0.25, 0.3) is 0 Å². The van der Waals surface area contributed by atoms with E-state index in [0.717, 1.165) is 0 Å². The number of ketones is 1. The maximum absolute atomic E-state index is 14.0. The first kappa shape index (κ1) is 17.2. The van der Waals surface area contributed by atoms with Crippen molar-refractivity contribution in [3.63, 3.8) is 0 Å². The lowest BCUT2D eigenvalue weighted by molar-refractivity contribution is -0.142. The lowest BCUT2D eigenvalue weighted by Crippen LogP contribution is -2.32. The fourth-order valence-corrected chi connectivity index (χ4v) is 3.12. The van der Waals surface area contributed by atoms with Crippen molar-refractivity contribution >= 4 is 5.78 Å². The fourth-order valence-electron chi connectivity index (χ4n) is 3.12. The number of fused-ring (bicyclic) bond motifs is 1. The van der Waals surface area contributed by atoms with E-state index in [1.165, 1.54) is 0 Å². The van der Waals surface area contributed by atoms with E-state index >= 15 is 0 Å². The van der Waals surface area contributed by atoms with Crippen LogP contribution in [0.5, 0.6) is 0 Å². The van der Waals surface area contributed by atoms with Gasteiger partial charge in [-0.1, -0.05) is 0 Å². The molecule has 1 heterocycles. The number of halogens is 8. The Bertz CT molecular complexity index is 682. The first-order valence-electron chi connectivity index (χ1n) is 7.00. The van der Waals surface area contributed by atoms with Crippen LogP contribution in [0.3, 0.4) is 0 Å². The first-order valence-corrected chi connectivity index (χ1v) is 7.00. The summed E-state index contributed by atoms with van der Waals surface area (Å²) in [4.78, 5) is 11.5. The van der Waals surface area contributed by atoms with Crippen LogP contribution in [0.15, 0.2) is 0 Å². The zero-order valence-electron chi connectivity index (χ0n) is 11.8. The molecule has 4 atom stereocenters. The number of hydrogen-bond acceptors (Lipinski definition) is 2. The molecule has 3 rings (SSSR count). The van der Waals surface area contributed by atoms with Crippen LogP contribution in [0, 0.1) is 0 Å². The average Bonchev–Trinajstić information content (AvgIpc) is 2.94. The van der Waals surface area contributed by atoms with E-state index in [4.69, 9.17) is 0 Å². The van der Waals surface area contributed by atoms with E-state index < -0.39 is 65.8 Å². The molecule has 24 heavy (non-hydrogen) atoms. The van der Waals surface area contributed by atoms with Gasteiger partial charge >= 0.3 is 12.1 Å². The SMILES string of the molecule is O=C1c2c(C(F)(F)F)nn(C3CC[C@@H](F)[C@@H](F)C3)c2[C@@H](F)C1(F)F. The maximum Gasteiger partial charge on any atom is 0.435 e. The Labute approximate surface area is 129 Å². The van der Waals surface area contributed by atoms with E-state index in [-0.39, 0.29) is 12.8 Å². The van der Waals surface area contributed by atoms with Crippen molar-refractivity contribution in [1.29, 1.82) is 0 Å². The summed E-state index contributed by atoms with van der Waals surface area (Å²) < 4.78 is 107. The highest BCUT2D eigenvalue weighted by Crippen LogP contribution is 2.51. The zero-order chi connectivity index (χ0) is 18.0. The molecule has 0 amide bonds. The average molecular weight is 362 g/mol. The number of aromatic nitrogens is 2. The Kier molecular flexibility index (Phi) is 3.69. The Hall–Kier alpha value is -1.68. The smallest absolute Gasteiger partial charge is 0.287 e. The van der Waals surface area contributed by atoms with Gasteiger partial charge in [-0.15, -0.1) is 0 Å². The Balaban J connectivity index is 2.13. The lowest BCUT2D eigenvalue weighted by atomic mass is 9.92. The van der Waals surface area contributed by atoms with Gasteiger partial charge in [0, 0.05) is 6.42 Å². The molecule has 2 aliphatic rings. The minimum absolute atomic E-state index is 0.209. The minimum atomic E-state index is -5.27. The molecule has 1 aromatic heterocycles. The van der Waals surface area contributed by atoms with Crippen LogP contribution in [-0.2, 0) is 6.18 Å². The molecule has 2 aliphatic carbocycles. The summed E-state index contributed by atoms with van der Waals surface area (Å²) in [6.07, 6.45) is -13.7. The molecule has 0 aliphatic heterocycles. The number of carbonyl (C=O) groups excluding carboxylic acids is 1. The molecule has 0 bridgehead atoms. The van der Waals surface area contributed by atoms with E-state index in [0.29, 0.717) is 4.68 Å². The highest BCUT2D eigenvalue weighted by molar-refractivity contribution is 6.07. The van der Waals surface area contributed by atoms with Crippen molar-refractivity contribution in [3.05, 3.63) is 17.0 Å². The number of nitrogens with zero attached hydrogens (tertiary/aromatic N) is 2. The standard InChI is InChI=1S/C13H10F8N2O/c14-5-2-1-4(3-6(5)15)23-8-7(10(22-23)13(19,20)21)11(24)12(17,18)9(8)16/h4-6,9H,1-3H2/t4?,5-,6+,9-/m1/s1.